The van der Waals surface area contributed by atoms with Crippen LogP contribution in [-0.2, 0) is 4.74 Å². The fourth-order valence-corrected chi connectivity index (χ4v) is 1.25. The summed E-state index contributed by atoms with van der Waals surface area (Å²) in [4.78, 5) is 0. The predicted octanol–water partition coefficient (Wildman–Crippen LogP) is 1.69. The fourth-order valence-electron chi connectivity index (χ4n) is 0.995. The van der Waals surface area contributed by atoms with Gasteiger partial charge in [0.15, 0.2) is 0 Å². The Morgan fingerprint density at radius 2 is 2.08 bits per heavy atom. The standard InChI is InChI=1S/C9H13ClO2/c10-9(12-7-3-6-11)8-4-1-2-5-8/h1-2,4-5,8-9,11H,3,6-7H2. The van der Waals surface area contributed by atoms with E-state index in [2.05, 4.69) is 0 Å². The maximum atomic E-state index is 8.49. The van der Waals surface area contributed by atoms with Gasteiger partial charge in [-0.2, -0.15) is 0 Å². The molecule has 0 aromatic carbocycles. The molecular weight excluding hydrogens is 176 g/mol. The number of allylic oxidation sites excluding steroid dienone is 2. The summed E-state index contributed by atoms with van der Waals surface area (Å²) >= 11 is 5.92. The lowest BCUT2D eigenvalue weighted by Crippen LogP contribution is -2.14. The van der Waals surface area contributed by atoms with Crippen molar-refractivity contribution in [3.05, 3.63) is 24.3 Å². The largest absolute Gasteiger partial charge is 0.396 e. The molecule has 0 saturated carbocycles. The third kappa shape index (κ3) is 2.97. The van der Waals surface area contributed by atoms with Gasteiger partial charge in [0.2, 0.25) is 0 Å². The van der Waals surface area contributed by atoms with Crippen LogP contribution < -0.4 is 0 Å². The number of aliphatic hydroxyl groups excluding tert-OH is 1. The quantitative estimate of drug-likeness (QED) is 0.526. The molecule has 2 nitrogen and oxygen atoms in total. The SMILES string of the molecule is OCCCOC(Cl)C1C=CC=C1. The van der Waals surface area contributed by atoms with Gasteiger partial charge in [-0.25, -0.2) is 0 Å². The van der Waals surface area contributed by atoms with Gasteiger partial charge in [-0.15, -0.1) is 0 Å². The van der Waals surface area contributed by atoms with Crippen LogP contribution in [0.25, 0.3) is 0 Å². The van der Waals surface area contributed by atoms with E-state index in [0.717, 1.165) is 0 Å². The third-order valence-corrected chi connectivity index (χ3v) is 2.08. The molecule has 0 bridgehead atoms. The number of halogens is 1. The van der Waals surface area contributed by atoms with Gasteiger partial charge in [-0.3, -0.25) is 0 Å². The van der Waals surface area contributed by atoms with Crippen molar-refractivity contribution >= 4 is 11.6 Å². The highest BCUT2D eigenvalue weighted by Crippen LogP contribution is 2.19. The Labute approximate surface area is 77.5 Å². The first-order valence-electron chi connectivity index (χ1n) is 4.06. The highest BCUT2D eigenvalue weighted by Gasteiger charge is 2.15. The maximum Gasteiger partial charge on any atom is 0.140 e. The molecular formula is C9H13ClO2. The zero-order valence-corrected chi connectivity index (χ0v) is 7.57. The summed E-state index contributed by atoms with van der Waals surface area (Å²) in [5, 5.41) is 8.49. The molecule has 0 radical (unpaired) electrons. The molecule has 1 aliphatic carbocycles. The van der Waals surface area contributed by atoms with E-state index in [1.807, 2.05) is 24.3 Å². The number of alkyl halides is 1. The van der Waals surface area contributed by atoms with Crippen molar-refractivity contribution in [2.45, 2.75) is 12.0 Å². The van der Waals surface area contributed by atoms with Crippen molar-refractivity contribution in [1.29, 1.82) is 0 Å². The Balaban J connectivity index is 2.15. The zero-order valence-electron chi connectivity index (χ0n) is 6.82. The first-order valence-corrected chi connectivity index (χ1v) is 4.50. The van der Waals surface area contributed by atoms with E-state index in [1.54, 1.807) is 0 Å². The van der Waals surface area contributed by atoms with E-state index in [0.29, 0.717) is 13.0 Å². The van der Waals surface area contributed by atoms with Gasteiger partial charge in [0.25, 0.3) is 0 Å². The molecule has 0 aromatic heterocycles. The Morgan fingerprint density at radius 1 is 1.42 bits per heavy atom. The normalized spacial score (nSPS) is 18.8. The monoisotopic (exact) mass is 188 g/mol. The predicted molar refractivity (Wildman–Crippen MR) is 49.1 cm³/mol. The number of hydrogen-bond acceptors (Lipinski definition) is 2. The summed E-state index contributed by atoms with van der Waals surface area (Å²) < 4.78 is 5.27. The van der Waals surface area contributed by atoms with Gasteiger partial charge < -0.3 is 9.84 Å². The van der Waals surface area contributed by atoms with E-state index in [-0.39, 0.29) is 18.1 Å². The molecule has 1 rings (SSSR count). The van der Waals surface area contributed by atoms with Crippen LogP contribution in [0, 0.1) is 5.92 Å². The fraction of sp³-hybridized carbons (Fsp3) is 0.556. The van der Waals surface area contributed by atoms with E-state index in [4.69, 9.17) is 21.4 Å². The minimum atomic E-state index is -0.299. The molecule has 1 aliphatic rings. The summed E-state index contributed by atoms with van der Waals surface area (Å²) in [6.45, 7) is 0.669. The van der Waals surface area contributed by atoms with Crippen molar-refractivity contribution in [1.82, 2.24) is 0 Å². The molecule has 68 valence electrons. The molecule has 0 aliphatic heterocycles. The second-order valence-corrected chi connectivity index (χ2v) is 3.08. The highest BCUT2D eigenvalue weighted by atomic mass is 35.5. The van der Waals surface area contributed by atoms with Crippen LogP contribution in [0.1, 0.15) is 6.42 Å². The minimum Gasteiger partial charge on any atom is -0.396 e. The van der Waals surface area contributed by atoms with E-state index in [9.17, 15) is 0 Å². The smallest absolute Gasteiger partial charge is 0.140 e. The van der Waals surface area contributed by atoms with Crippen molar-refractivity contribution in [2.24, 2.45) is 5.92 Å². The molecule has 1 N–H and O–H groups in total. The Morgan fingerprint density at radius 3 is 2.67 bits per heavy atom. The van der Waals surface area contributed by atoms with Gasteiger partial charge in [-0.05, 0) is 6.42 Å². The lowest BCUT2D eigenvalue weighted by molar-refractivity contribution is 0.0800. The first-order chi connectivity index (χ1) is 5.84. The number of aliphatic hydroxyl groups is 1. The van der Waals surface area contributed by atoms with Crippen molar-refractivity contribution in [3.8, 4) is 0 Å². The second kappa shape index (κ2) is 5.36. The van der Waals surface area contributed by atoms with Crippen LogP contribution in [0.15, 0.2) is 24.3 Å². The van der Waals surface area contributed by atoms with Gasteiger partial charge in [0.1, 0.15) is 5.56 Å². The third-order valence-electron chi connectivity index (χ3n) is 1.66. The molecule has 12 heavy (non-hydrogen) atoms. The summed E-state index contributed by atoms with van der Waals surface area (Å²) in [5.41, 5.74) is -0.299. The van der Waals surface area contributed by atoms with Gasteiger partial charge in [0.05, 0.1) is 6.61 Å². The molecule has 3 heteroatoms. The summed E-state index contributed by atoms with van der Waals surface area (Å²) in [6.07, 6.45) is 8.54. The lowest BCUT2D eigenvalue weighted by Gasteiger charge is -2.14. The lowest BCUT2D eigenvalue weighted by atomic mass is 10.2. The number of rotatable bonds is 5. The average molecular weight is 189 g/mol. The van der Waals surface area contributed by atoms with Crippen molar-refractivity contribution in [2.75, 3.05) is 13.2 Å². The molecule has 1 unspecified atom stereocenters. The van der Waals surface area contributed by atoms with Crippen LogP contribution in [0.4, 0.5) is 0 Å². The van der Waals surface area contributed by atoms with Gasteiger partial charge in [-0.1, -0.05) is 35.9 Å². The summed E-state index contributed by atoms with van der Waals surface area (Å²) in [7, 11) is 0. The Kier molecular flexibility index (Phi) is 4.36. The molecule has 0 aromatic rings. The zero-order chi connectivity index (χ0) is 8.81. The van der Waals surface area contributed by atoms with E-state index in [1.165, 1.54) is 0 Å². The van der Waals surface area contributed by atoms with Crippen molar-refractivity contribution < 1.29 is 9.84 Å². The summed E-state index contributed by atoms with van der Waals surface area (Å²) in [6, 6.07) is 0. The van der Waals surface area contributed by atoms with Crippen LogP contribution in [0.5, 0.6) is 0 Å². The highest BCUT2D eigenvalue weighted by molar-refractivity contribution is 6.20. The Bertz CT molecular complexity index is 165. The van der Waals surface area contributed by atoms with Crippen molar-refractivity contribution in [3.63, 3.8) is 0 Å². The first kappa shape index (κ1) is 9.78. The molecule has 0 heterocycles. The molecule has 0 fully saturated rings. The topological polar surface area (TPSA) is 29.5 Å². The average Bonchev–Trinajstić information content (AvgIpc) is 2.56. The van der Waals surface area contributed by atoms with E-state index >= 15 is 0 Å². The second-order valence-electron chi connectivity index (χ2n) is 2.65. The summed E-state index contributed by atoms with van der Waals surface area (Å²) in [5.74, 6) is 0.186. The number of ether oxygens (including phenoxy) is 1. The minimum absolute atomic E-state index is 0.153. The van der Waals surface area contributed by atoms with Crippen LogP contribution in [0.3, 0.4) is 0 Å². The van der Waals surface area contributed by atoms with Crippen LogP contribution >= 0.6 is 11.6 Å². The molecule has 0 saturated heterocycles. The van der Waals surface area contributed by atoms with E-state index < -0.39 is 0 Å². The molecule has 0 amide bonds. The van der Waals surface area contributed by atoms with Gasteiger partial charge in [0, 0.05) is 12.5 Å². The number of hydrogen-bond donors (Lipinski definition) is 1. The molecule has 1 atom stereocenters. The Hall–Kier alpha value is -0.310. The van der Waals surface area contributed by atoms with Crippen LogP contribution in [-0.4, -0.2) is 23.9 Å². The molecule has 0 spiro atoms. The van der Waals surface area contributed by atoms with Crippen LogP contribution in [0.2, 0.25) is 0 Å². The maximum absolute atomic E-state index is 8.49. The van der Waals surface area contributed by atoms with Gasteiger partial charge >= 0.3 is 0 Å².